The molecule has 4 heterocycles. The van der Waals surface area contributed by atoms with Crippen LogP contribution in [0.4, 0.5) is 5.82 Å². The molecule has 8 heteroatoms. The highest BCUT2D eigenvalue weighted by atomic mass is 35.5. The predicted molar refractivity (Wildman–Crippen MR) is 87.7 cm³/mol. The van der Waals surface area contributed by atoms with E-state index >= 15 is 0 Å². The third kappa shape index (κ3) is 2.20. The van der Waals surface area contributed by atoms with Crippen molar-refractivity contribution in [2.75, 3.05) is 5.73 Å². The lowest BCUT2D eigenvalue weighted by molar-refractivity contribution is 1.19. The van der Waals surface area contributed by atoms with Gasteiger partial charge in [0.2, 0.25) is 0 Å². The Labute approximate surface area is 134 Å². The molecule has 0 aromatic carbocycles. The van der Waals surface area contributed by atoms with Gasteiger partial charge in [-0.2, -0.15) is 0 Å². The number of thiophene rings is 1. The molecule has 108 valence electrons. The van der Waals surface area contributed by atoms with Gasteiger partial charge in [-0.15, -0.1) is 11.3 Å². The summed E-state index contributed by atoms with van der Waals surface area (Å²) in [5, 5.41) is 2.31. The minimum absolute atomic E-state index is 0.315. The van der Waals surface area contributed by atoms with Crippen LogP contribution in [0.3, 0.4) is 0 Å². The Hall–Kier alpha value is -2.51. The summed E-state index contributed by atoms with van der Waals surface area (Å²) in [4.78, 5) is 21.4. The molecule has 0 spiro atoms. The predicted octanol–water partition coefficient (Wildman–Crippen LogP) is 3.38. The minimum atomic E-state index is 0.315. The van der Waals surface area contributed by atoms with Crippen molar-refractivity contribution in [3.63, 3.8) is 0 Å². The zero-order valence-electron chi connectivity index (χ0n) is 11.1. The van der Waals surface area contributed by atoms with E-state index in [1.54, 1.807) is 23.6 Å². The Bertz CT molecular complexity index is 963. The van der Waals surface area contributed by atoms with Crippen molar-refractivity contribution in [1.29, 1.82) is 0 Å². The van der Waals surface area contributed by atoms with Crippen LogP contribution in [0.25, 0.3) is 33.1 Å². The number of anilines is 1. The van der Waals surface area contributed by atoms with Gasteiger partial charge in [0.05, 0.1) is 22.3 Å². The zero-order valence-corrected chi connectivity index (χ0v) is 12.7. The number of nitrogens with one attached hydrogen (secondary N) is 1. The molecule has 3 N–H and O–H groups in total. The highest BCUT2D eigenvalue weighted by Crippen LogP contribution is 2.29. The topological polar surface area (TPSA) is 93.4 Å². The fraction of sp³-hybridized carbons (Fsp3) is 0. The number of nitrogens with zero attached hydrogens (tertiary/aromatic N) is 4. The molecule has 0 unspecified atom stereocenters. The van der Waals surface area contributed by atoms with Gasteiger partial charge in [0.25, 0.3) is 0 Å². The molecule has 4 aromatic heterocycles. The quantitative estimate of drug-likeness (QED) is 0.588. The summed E-state index contributed by atoms with van der Waals surface area (Å²) in [6, 6.07) is 5.71. The fourth-order valence-electron chi connectivity index (χ4n) is 2.18. The molecule has 0 atom stereocenters. The second-order valence-corrected chi connectivity index (χ2v) is 5.91. The SMILES string of the molecule is Nc1cc(-c2cccs2)nc(-c2c[nH]c3ncc(Cl)nc23)n1. The molecule has 0 amide bonds. The number of H-pyrrole nitrogens is 1. The number of nitrogens with two attached hydrogens (primary N) is 1. The molecule has 22 heavy (non-hydrogen) atoms. The van der Waals surface area contributed by atoms with E-state index in [4.69, 9.17) is 17.3 Å². The number of halogens is 1. The molecule has 0 saturated heterocycles. The number of hydrogen-bond acceptors (Lipinski definition) is 6. The smallest absolute Gasteiger partial charge is 0.165 e. The van der Waals surface area contributed by atoms with Gasteiger partial charge in [-0.05, 0) is 11.4 Å². The second-order valence-electron chi connectivity index (χ2n) is 4.57. The lowest BCUT2D eigenvalue weighted by atomic mass is 10.2. The molecule has 0 aliphatic carbocycles. The monoisotopic (exact) mass is 328 g/mol. The van der Waals surface area contributed by atoms with Crippen molar-refractivity contribution >= 4 is 39.9 Å². The molecule has 4 aromatic rings. The first kappa shape index (κ1) is 13.2. The van der Waals surface area contributed by atoms with Gasteiger partial charge in [0, 0.05) is 12.3 Å². The Morgan fingerprint density at radius 3 is 2.95 bits per heavy atom. The van der Waals surface area contributed by atoms with Crippen molar-refractivity contribution in [2.24, 2.45) is 0 Å². The van der Waals surface area contributed by atoms with Gasteiger partial charge in [-0.25, -0.2) is 19.9 Å². The maximum absolute atomic E-state index is 5.93. The molecular formula is C14H9ClN6S. The second kappa shape index (κ2) is 5.04. The first-order valence-electron chi connectivity index (χ1n) is 6.39. The summed E-state index contributed by atoms with van der Waals surface area (Å²) in [6.07, 6.45) is 3.25. The maximum Gasteiger partial charge on any atom is 0.165 e. The summed E-state index contributed by atoms with van der Waals surface area (Å²) in [5.41, 5.74) is 8.67. The van der Waals surface area contributed by atoms with Crippen LogP contribution in [0.2, 0.25) is 5.15 Å². The summed E-state index contributed by atoms with van der Waals surface area (Å²) < 4.78 is 0. The Kier molecular flexibility index (Phi) is 3.02. The van der Waals surface area contributed by atoms with E-state index in [-0.39, 0.29) is 0 Å². The summed E-state index contributed by atoms with van der Waals surface area (Å²) >= 11 is 7.52. The summed E-state index contributed by atoms with van der Waals surface area (Å²) in [7, 11) is 0. The van der Waals surface area contributed by atoms with Gasteiger partial charge in [-0.3, -0.25) is 0 Å². The van der Waals surface area contributed by atoms with Crippen LogP contribution in [-0.2, 0) is 0 Å². The zero-order chi connectivity index (χ0) is 15.1. The van der Waals surface area contributed by atoms with Crippen LogP contribution >= 0.6 is 22.9 Å². The average Bonchev–Trinajstić information content (AvgIpc) is 3.16. The van der Waals surface area contributed by atoms with Gasteiger partial charge in [0.1, 0.15) is 16.5 Å². The number of rotatable bonds is 2. The molecular weight excluding hydrogens is 320 g/mol. The lowest BCUT2D eigenvalue weighted by Gasteiger charge is -2.03. The molecule has 0 bridgehead atoms. The van der Waals surface area contributed by atoms with E-state index in [0.29, 0.717) is 28.0 Å². The van der Waals surface area contributed by atoms with Crippen molar-refractivity contribution in [2.45, 2.75) is 0 Å². The third-order valence-corrected chi connectivity index (χ3v) is 4.19. The van der Waals surface area contributed by atoms with E-state index in [2.05, 4.69) is 24.9 Å². The van der Waals surface area contributed by atoms with Crippen LogP contribution < -0.4 is 5.73 Å². The summed E-state index contributed by atoms with van der Waals surface area (Å²) in [6.45, 7) is 0. The number of hydrogen-bond donors (Lipinski definition) is 2. The Morgan fingerprint density at radius 2 is 2.14 bits per heavy atom. The van der Waals surface area contributed by atoms with Crippen molar-refractivity contribution in [1.82, 2.24) is 24.9 Å². The largest absolute Gasteiger partial charge is 0.384 e. The van der Waals surface area contributed by atoms with Crippen LogP contribution in [0.15, 0.2) is 36.0 Å². The van der Waals surface area contributed by atoms with Crippen molar-refractivity contribution < 1.29 is 0 Å². The molecule has 0 aliphatic heterocycles. The van der Waals surface area contributed by atoms with E-state index in [0.717, 1.165) is 16.1 Å². The minimum Gasteiger partial charge on any atom is -0.384 e. The Balaban J connectivity index is 1.93. The fourth-order valence-corrected chi connectivity index (χ4v) is 3.00. The van der Waals surface area contributed by atoms with Gasteiger partial charge in [0.15, 0.2) is 11.5 Å². The first-order chi connectivity index (χ1) is 10.7. The molecule has 6 nitrogen and oxygen atoms in total. The van der Waals surface area contributed by atoms with Crippen LogP contribution in [0, 0.1) is 0 Å². The molecule has 0 saturated carbocycles. The number of aromatic nitrogens is 5. The van der Waals surface area contributed by atoms with E-state index in [1.165, 1.54) is 6.20 Å². The highest BCUT2D eigenvalue weighted by Gasteiger charge is 2.14. The lowest BCUT2D eigenvalue weighted by Crippen LogP contribution is -1.97. The standard InChI is InChI=1S/C14H9ClN6S/c15-10-6-18-14-12(20-10)7(5-17-14)13-19-8(4-11(16)21-13)9-2-1-3-22-9/h1-6H,(H,17,18)(H2,16,19,21). The number of nitrogen functional groups attached to an aromatic ring is 1. The van der Waals surface area contributed by atoms with Gasteiger partial charge < -0.3 is 10.7 Å². The van der Waals surface area contributed by atoms with Crippen LogP contribution in [0.5, 0.6) is 0 Å². The maximum atomic E-state index is 5.93. The summed E-state index contributed by atoms with van der Waals surface area (Å²) in [5.74, 6) is 0.893. The average molecular weight is 329 g/mol. The molecule has 0 radical (unpaired) electrons. The van der Waals surface area contributed by atoms with Crippen molar-refractivity contribution in [3.8, 4) is 22.0 Å². The molecule has 0 fully saturated rings. The van der Waals surface area contributed by atoms with Gasteiger partial charge in [-0.1, -0.05) is 17.7 Å². The van der Waals surface area contributed by atoms with Crippen LogP contribution in [0.1, 0.15) is 0 Å². The normalized spacial score (nSPS) is 11.1. The van der Waals surface area contributed by atoms with E-state index < -0.39 is 0 Å². The van der Waals surface area contributed by atoms with Crippen molar-refractivity contribution in [3.05, 3.63) is 41.1 Å². The molecule has 0 aliphatic rings. The molecule has 4 rings (SSSR count). The highest BCUT2D eigenvalue weighted by molar-refractivity contribution is 7.13. The van der Waals surface area contributed by atoms with Crippen LogP contribution in [-0.4, -0.2) is 24.9 Å². The number of aromatic amines is 1. The van der Waals surface area contributed by atoms with E-state index in [9.17, 15) is 0 Å². The van der Waals surface area contributed by atoms with E-state index in [1.807, 2.05) is 17.5 Å². The first-order valence-corrected chi connectivity index (χ1v) is 7.65. The number of fused-ring (bicyclic) bond motifs is 1. The third-order valence-electron chi connectivity index (χ3n) is 3.11. The van der Waals surface area contributed by atoms with Gasteiger partial charge >= 0.3 is 0 Å². The Morgan fingerprint density at radius 1 is 1.23 bits per heavy atom.